The van der Waals surface area contributed by atoms with Crippen LogP contribution < -0.4 is 0 Å². The Morgan fingerprint density at radius 1 is 1.64 bits per heavy atom. The molecule has 0 unspecified atom stereocenters. The van der Waals surface area contributed by atoms with Gasteiger partial charge in [-0.3, -0.25) is 4.79 Å². The van der Waals surface area contributed by atoms with E-state index < -0.39 is 0 Å². The van der Waals surface area contributed by atoms with Gasteiger partial charge in [0.25, 0.3) is 0 Å². The molecule has 2 nitrogen and oxygen atoms in total. The average Bonchev–Trinajstić information content (AvgIpc) is 2.91. The molecule has 1 aliphatic carbocycles. The summed E-state index contributed by atoms with van der Waals surface area (Å²) in [5.74, 6) is 0.574. The zero-order valence-corrected chi connectivity index (χ0v) is 9.57. The van der Waals surface area contributed by atoms with Crippen molar-refractivity contribution >= 4 is 28.8 Å². The van der Waals surface area contributed by atoms with Crippen molar-refractivity contribution in [3.63, 3.8) is 0 Å². The van der Waals surface area contributed by atoms with Gasteiger partial charge in [-0.25, -0.2) is 0 Å². The molecule has 0 N–H and O–H groups in total. The Morgan fingerprint density at radius 2 is 2.36 bits per heavy atom. The van der Waals surface area contributed by atoms with Crippen LogP contribution in [0.4, 0.5) is 0 Å². The summed E-state index contributed by atoms with van der Waals surface area (Å²) in [6, 6.07) is 3.85. The maximum atomic E-state index is 11.6. The molecule has 0 saturated heterocycles. The minimum atomic E-state index is 0.273. The Hall–Kier alpha value is -0.540. The van der Waals surface area contributed by atoms with Gasteiger partial charge in [0.2, 0.25) is 5.91 Å². The van der Waals surface area contributed by atoms with Gasteiger partial charge < -0.3 is 4.90 Å². The zero-order valence-electron chi connectivity index (χ0n) is 8.00. The molecular weight excluding hydrogens is 218 g/mol. The Balaban J connectivity index is 1.93. The fraction of sp³-hybridized carbons (Fsp3) is 0.500. The molecule has 4 heteroatoms. The monoisotopic (exact) mass is 229 g/mol. The molecule has 1 fully saturated rings. The topological polar surface area (TPSA) is 20.3 Å². The first-order valence-electron chi connectivity index (χ1n) is 4.66. The van der Waals surface area contributed by atoms with E-state index in [1.165, 1.54) is 11.3 Å². The lowest BCUT2D eigenvalue weighted by molar-refractivity contribution is -0.131. The molecule has 0 spiro atoms. The van der Waals surface area contributed by atoms with Gasteiger partial charge >= 0.3 is 0 Å². The Kier molecular flexibility index (Phi) is 2.79. The molecule has 14 heavy (non-hydrogen) atoms. The molecular formula is C10H12ClNOS. The molecule has 0 radical (unpaired) electrons. The second-order valence-electron chi connectivity index (χ2n) is 3.67. The van der Waals surface area contributed by atoms with Gasteiger partial charge in [-0.05, 0) is 25.0 Å². The number of halogens is 1. The predicted molar refractivity (Wildman–Crippen MR) is 58.5 cm³/mol. The summed E-state index contributed by atoms with van der Waals surface area (Å²) < 4.78 is 0.785. The average molecular weight is 230 g/mol. The number of hydrogen-bond donors (Lipinski definition) is 0. The first-order chi connectivity index (χ1) is 6.66. The van der Waals surface area contributed by atoms with Crippen LogP contribution in [0, 0.1) is 5.92 Å². The van der Waals surface area contributed by atoms with Crippen molar-refractivity contribution < 1.29 is 4.79 Å². The third-order valence-corrected chi connectivity index (χ3v) is 3.54. The van der Waals surface area contributed by atoms with Crippen LogP contribution in [-0.4, -0.2) is 17.9 Å². The van der Waals surface area contributed by atoms with Crippen LogP contribution in [0.25, 0.3) is 0 Å². The summed E-state index contributed by atoms with van der Waals surface area (Å²) in [6.07, 6.45) is 2.13. The second-order valence-corrected chi connectivity index (χ2v) is 5.47. The summed E-state index contributed by atoms with van der Waals surface area (Å²) >= 11 is 7.35. The maximum Gasteiger partial charge on any atom is 0.225 e. The number of hydrogen-bond acceptors (Lipinski definition) is 2. The van der Waals surface area contributed by atoms with Crippen molar-refractivity contribution in [1.82, 2.24) is 4.90 Å². The highest BCUT2D eigenvalue weighted by Gasteiger charge is 2.31. The van der Waals surface area contributed by atoms with Crippen molar-refractivity contribution in [2.24, 2.45) is 5.92 Å². The smallest absolute Gasteiger partial charge is 0.225 e. The van der Waals surface area contributed by atoms with E-state index in [4.69, 9.17) is 11.6 Å². The number of thiophene rings is 1. The molecule has 0 aliphatic heterocycles. The normalized spacial score (nSPS) is 15.6. The van der Waals surface area contributed by atoms with Crippen LogP contribution in [0.3, 0.4) is 0 Å². The predicted octanol–water partition coefficient (Wildman–Crippen LogP) is 2.77. The molecule has 1 aliphatic rings. The van der Waals surface area contributed by atoms with Crippen molar-refractivity contribution in [2.75, 3.05) is 7.05 Å². The highest BCUT2D eigenvalue weighted by molar-refractivity contribution is 7.16. The van der Waals surface area contributed by atoms with Crippen LogP contribution >= 0.6 is 22.9 Å². The molecule has 1 heterocycles. The molecule has 1 saturated carbocycles. The first-order valence-corrected chi connectivity index (χ1v) is 5.85. The fourth-order valence-corrected chi connectivity index (χ4v) is 2.53. The van der Waals surface area contributed by atoms with Crippen molar-refractivity contribution in [1.29, 1.82) is 0 Å². The van der Waals surface area contributed by atoms with Crippen LogP contribution in [0.1, 0.15) is 17.7 Å². The number of amides is 1. The summed E-state index contributed by atoms with van der Waals surface area (Å²) in [5.41, 5.74) is 0. The summed E-state index contributed by atoms with van der Waals surface area (Å²) in [7, 11) is 1.86. The largest absolute Gasteiger partial charge is 0.340 e. The van der Waals surface area contributed by atoms with Crippen LogP contribution in [0.2, 0.25) is 4.34 Å². The van der Waals surface area contributed by atoms with E-state index in [0.29, 0.717) is 12.5 Å². The van der Waals surface area contributed by atoms with Gasteiger partial charge in [0.05, 0.1) is 10.9 Å². The fourth-order valence-electron chi connectivity index (χ4n) is 1.39. The molecule has 1 aromatic rings. The van der Waals surface area contributed by atoms with E-state index in [1.54, 1.807) is 4.90 Å². The van der Waals surface area contributed by atoms with E-state index in [0.717, 1.165) is 22.1 Å². The van der Waals surface area contributed by atoms with E-state index >= 15 is 0 Å². The lowest BCUT2D eigenvalue weighted by atomic mass is 10.3. The minimum absolute atomic E-state index is 0.273. The lowest BCUT2D eigenvalue weighted by Gasteiger charge is -2.15. The van der Waals surface area contributed by atoms with Gasteiger partial charge in [0, 0.05) is 17.8 Å². The Bertz CT molecular complexity index is 346. The van der Waals surface area contributed by atoms with Crippen LogP contribution in [0.15, 0.2) is 12.1 Å². The van der Waals surface area contributed by atoms with Crippen molar-refractivity contribution in [3.05, 3.63) is 21.3 Å². The van der Waals surface area contributed by atoms with Gasteiger partial charge in [0.15, 0.2) is 0 Å². The Morgan fingerprint density at radius 3 is 2.86 bits per heavy atom. The molecule has 0 bridgehead atoms. The van der Waals surface area contributed by atoms with E-state index in [-0.39, 0.29) is 5.91 Å². The first kappa shape index (κ1) is 9.99. The van der Waals surface area contributed by atoms with Gasteiger partial charge in [-0.15, -0.1) is 11.3 Å². The van der Waals surface area contributed by atoms with Crippen molar-refractivity contribution in [2.45, 2.75) is 19.4 Å². The van der Waals surface area contributed by atoms with Gasteiger partial charge in [-0.1, -0.05) is 11.6 Å². The minimum Gasteiger partial charge on any atom is -0.340 e. The van der Waals surface area contributed by atoms with Crippen molar-refractivity contribution in [3.8, 4) is 0 Å². The SMILES string of the molecule is CN(Cc1ccc(Cl)s1)C(=O)C1CC1. The lowest BCUT2D eigenvalue weighted by Crippen LogP contribution is -2.26. The third kappa shape index (κ3) is 2.28. The number of carbonyl (C=O) groups is 1. The number of nitrogens with zero attached hydrogens (tertiary/aromatic N) is 1. The molecule has 0 atom stereocenters. The quantitative estimate of drug-likeness (QED) is 0.781. The summed E-state index contributed by atoms with van der Waals surface area (Å²) in [5, 5.41) is 0. The van der Waals surface area contributed by atoms with Crippen LogP contribution in [-0.2, 0) is 11.3 Å². The molecule has 76 valence electrons. The zero-order chi connectivity index (χ0) is 10.1. The second kappa shape index (κ2) is 3.91. The summed E-state index contributed by atoms with van der Waals surface area (Å²) in [4.78, 5) is 14.6. The Labute approximate surface area is 92.5 Å². The third-order valence-electron chi connectivity index (χ3n) is 2.32. The van der Waals surface area contributed by atoms with Gasteiger partial charge in [0.1, 0.15) is 0 Å². The van der Waals surface area contributed by atoms with Gasteiger partial charge in [-0.2, -0.15) is 0 Å². The van der Waals surface area contributed by atoms with E-state index in [1.807, 2.05) is 19.2 Å². The van der Waals surface area contributed by atoms with Crippen LogP contribution in [0.5, 0.6) is 0 Å². The molecule has 2 rings (SSSR count). The maximum absolute atomic E-state index is 11.6. The highest BCUT2D eigenvalue weighted by atomic mass is 35.5. The molecule has 1 amide bonds. The highest BCUT2D eigenvalue weighted by Crippen LogP contribution is 2.31. The van der Waals surface area contributed by atoms with E-state index in [9.17, 15) is 4.79 Å². The molecule has 0 aromatic carbocycles. The standard InChI is InChI=1S/C10H12ClNOS/c1-12(10(13)7-2-3-7)6-8-4-5-9(11)14-8/h4-5,7H,2-3,6H2,1H3. The number of rotatable bonds is 3. The molecule has 1 aromatic heterocycles. The number of carbonyl (C=O) groups excluding carboxylic acids is 1. The summed E-state index contributed by atoms with van der Waals surface area (Å²) in [6.45, 7) is 0.687. The van der Waals surface area contributed by atoms with E-state index in [2.05, 4.69) is 0 Å².